The summed E-state index contributed by atoms with van der Waals surface area (Å²) in [5, 5.41) is 12.1. The predicted molar refractivity (Wildman–Crippen MR) is 71.6 cm³/mol. The molecule has 0 saturated heterocycles. The molecule has 0 aliphatic carbocycles. The van der Waals surface area contributed by atoms with Crippen molar-refractivity contribution in [3.63, 3.8) is 0 Å². The van der Waals surface area contributed by atoms with Crippen molar-refractivity contribution in [1.29, 1.82) is 0 Å². The summed E-state index contributed by atoms with van der Waals surface area (Å²) >= 11 is 0. The minimum Gasteiger partial charge on any atom is -0.461 e. The Balaban J connectivity index is 2.83. The lowest BCUT2D eigenvalue weighted by Gasteiger charge is -2.05. The Morgan fingerprint density at radius 3 is 2.55 bits per heavy atom. The molecule has 0 radical (unpaired) electrons. The van der Waals surface area contributed by atoms with E-state index in [-0.39, 0.29) is 18.8 Å². The molecule has 7 nitrogen and oxygen atoms in total. The average molecular weight is 275 g/mol. The summed E-state index contributed by atoms with van der Waals surface area (Å²) in [4.78, 5) is 24.4. The largest absolute Gasteiger partial charge is 0.461 e. The van der Waals surface area contributed by atoms with Gasteiger partial charge in [-0.3, -0.25) is 9.59 Å². The molecule has 0 heterocycles. The Bertz CT molecular complexity index is 572. The third-order valence-corrected chi connectivity index (χ3v) is 2.33. The Morgan fingerprint density at radius 1 is 1.40 bits per heavy atom. The number of rotatable bonds is 5. The topological polar surface area (TPSA) is 112 Å². The van der Waals surface area contributed by atoms with Gasteiger partial charge in [0, 0.05) is 17.4 Å². The van der Waals surface area contributed by atoms with Crippen LogP contribution in [-0.2, 0) is 9.53 Å². The van der Waals surface area contributed by atoms with Crippen LogP contribution in [0.25, 0.3) is 16.5 Å². The van der Waals surface area contributed by atoms with Gasteiger partial charge in [0.15, 0.2) is 0 Å². The molecule has 1 rings (SSSR count). The molecule has 1 aromatic carbocycles. The van der Waals surface area contributed by atoms with Crippen LogP contribution < -0.4 is 0 Å². The van der Waals surface area contributed by atoms with Crippen LogP contribution in [0.15, 0.2) is 35.0 Å². The van der Waals surface area contributed by atoms with Crippen molar-refractivity contribution in [1.82, 2.24) is 0 Å². The Hall–Kier alpha value is -2.63. The molecule has 0 aromatic heterocycles. The van der Waals surface area contributed by atoms with Gasteiger partial charge in [-0.25, -0.2) is 0 Å². The van der Waals surface area contributed by atoms with Crippen LogP contribution in [0.4, 0.5) is 0 Å². The zero-order chi connectivity index (χ0) is 15.0. The first-order chi connectivity index (χ1) is 9.56. The van der Waals surface area contributed by atoms with Crippen LogP contribution in [0, 0.1) is 0 Å². The Morgan fingerprint density at radius 2 is 2.05 bits per heavy atom. The van der Waals surface area contributed by atoms with Crippen LogP contribution in [0.1, 0.15) is 22.8 Å². The van der Waals surface area contributed by atoms with Crippen molar-refractivity contribution in [2.45, 2.75) is 6.92 Å². The van der Waals surface area contributed by atoms with Gasteiger partial charge in [-0.1, -0.05) is 30.3 Å². The number of carbonyl (C=O) groups is 2. The predicted octanol–water partition coefficient (Wildman–Crippen LogP) is 2.08. The van der Waals surface area contributed by atoms with Crippen molar-refractivity contribution < 1.29 is 19.4 Å². The standard InChI is InChI=1S/C13H13N3O4/c1-9(18)20-8-11(7-17)6-10-2-4-12(5-3-10)13(19)15-16-14/h2-6,17H,7-8H2,1H3/b11-6-. The van der Waals surface area contributed by atoms with E-state index < -0.39 is 11.9 Å². The van der Waals surface area contributed by atoms with E-state index in [0.29, 0.717) is 5.57 Å². The molecule has 0 aliphatic rings. The maximum atomic E-state index is 11.3. The molecule has 1 amide bonds. The molecule has 20 heavy (non-hydrogen) atoms. The van der Waals surface area contributed by atoms with Crippen LogP contribution >= 0.6 is 0 Å². The van der Waals surface area contributed by atoms with Gasteiger partial charge in [0.25, 0.3) is 0 Å². The lowest BCUT2D eigenvalue weighted by atomic mass is 10.1. The first-order valence-corrected chi connectivity index (χ1v) is 5.70. The number of azide groups is 1. The minimum atomic E-state index is -0.662. The number of aliphatic hydroxyl groups excluding tert-OH is 1. The van der Waals surface area contributed by atoms with Gasteiger partial charge in [-0.05, 0) is 21.8 Å². The van der Waals surface area contributed by atoms with Crippen LogP contribution in [-0.4, -0.2) is 30.2 Å². The fourth-order valence-electron chi connectivity index (χ4n) is 1.38. The quantitative estimate of drug-likeness (QED) is 0.383. The summed E-state index contributed by atoms with van der Waals surface area (Å²) in [7, 11) is 0. The first kappa shape index (κ1) is 15.4. The summed E-state index contributed by atoms with van der Waals surface area (Å²) in [6.07, 6.45) is 1.64. The summed E-state index contributed by atoms with van der Waals surface area (Å²) < 4.78 is 4.78. The van der Waals surface area contributed by atoms with Gasteiger partial charge in [0.1, 0.15) is 6.61 Å². The van der Waals surface area contributed by atoms with Gasteiger partial charge in [0.2, 0.25) is 5.91 Å². The molecular formula is C13H13N3O4. The lowest BCUT2D eigenvalue weighted by Crippen LogP contribution is -2.05. The smallest absolute Gasteiger partial charge is 0.302 e. The molecule has 0 atom stereocenters. The molecular weight excluding hydrogens is 262 g/mol. The van der Waals surface area contributed by atoms with Gasteiger partial charge in [0.05, 0.1) is 6.61 Å². The Labute approximate surface area is 115 Å². The second-order valence-electron chi connectivity index (χ2n) is 3.86. The summed E-state index contributed by atoms with van der Waals surface area (Å²) in [6.45, 7) is 1.04. The highest BCUT2D eigenvalue weighted by Crippen LogP contribution is 2.10. The minimum absolute atomic E-state index is 0.00520. The normalized spacial score (nSPS) is 10.6. The average Bonchev–Trinajstić information content (AvgIpc) is 2.44. The van der Waals surface area contributed by atoms with E-state index in [1.807, 2.05) is 0 Å². The number of benzene rings is 1. The summed E-state index contributed by atoms with van der Waals surface area (Å²) in [6, 6.07) is 6.26. The highest BCUT2D eigenvalue weighted by molar-refractivity contribution is 5.95. The molecule has 0 spiro atoms. The molecule has 7 heteroatoms. The summed E-state index contributed by atoms with van der Waals surface area (Å²) in [5.41, 5.74) is 9.68. The third-order valence-electron chi connectivity index (χ3n) is 2.33. The number of aliphatic hydroxyl groups is 1. The first-order valence-electron chi connectivity index (χ1n) is 5.70. The van der Waals surface area contributed by atoms with E-state index in [1.54, 1.807) is 18.2 Å². The van der Waals surface area contributed by atoms with Gasteiger partial charge < -0.3 is 9.84 Å². The monoisotopic (exact) mass is 275 g/mol. The number of nitrogens with zero attached hydrogens (tertiary/aromatic N) is 3. The number of hydrogen-bond donors (Lipinski definition) is 1. The van der Waals surface area contributed by atoms with Crippen molar-refractivity contribution >= 4 is 18.0 Å². The van der Waals surface area contributed by atoms with E-state index in [9.17, 15) is 9.59 Å². The second-order valence-corrected chi connectivity index (χ2v) is 3.86. The van der Waals surface area contributed by atoms with Crippen LogP contribution in [0.5, 0.6) is 0 Å². The highest BCUT2D eigenvalue weighted by atomic mass is 16.5. The van der Waals surface area contributed by atoms with E-state index in [2.05, 4.69) is 10.0 Å². The molecule has 1 aromatic rings. The van der Waals surface area contributed by atoms with Crippen molar-refractivity contribution in [3.05, 3.63) is 51.4 Å². The number of ether oxygens (including phenoxy) is 1. The van der Waals surface area contributed by atoms with Gasteiger partial charge in [-0.2, -0.15) is 0 Å². The fraction of sp³-hybridized carbons (Fsp3) is 0.231. The van der Waals surface area contributed by atoms with Gasteiger partial charge >= 0.3 is 5.97 Å². The zero-order valence-corrected chi connectivity index (χ0v) is 10.8. The third kappa shape index (κ3) is 4.93. The highest BCUT2D eigenvalue weighted by Gasteiger charge is 2.03. The molecule has 0 bridgehead atoms. The molecule has 0 aliphatic heterocycles. The maximum Gasteiger partial charge on any atom is 0.302 e. The number of amides is 1. The maximum absolute atomic E-state index is 11.3. The van der Waals surface area contributed by atoms with E-state index in [0.717, 1.165) is 5.56 Å². The van der Waals surface area contributed by atoms with E-state index >= 15 is 0 Å². The zero-order valence-electron chi connectivity index (χ0n) is 10.8. The number of hydrogen-bond acceptors (Lipinski definition) is 4. The summed E-state index contributed by atoms with van der Waals surface area (Å²) in [5.74, 6) is -1.09. The van der Waals surface area contributed by atoms with Crippen molar-refractivity contribution in [3.8, 4) is 0 Å². The SMILES string of the molecule is CC(=O)OC/C(=C\c1ccc(C(=O)N=[N+]=[N-])cc1)CO. The fourth-order valence-corrected chi connectivity index (χ4v) is 1.38. The van der Waals surface area contributed by atoms with Crippen LogP contribution in [0.3, 0.4) is 0 Å². The number of carbonyl (C=O) groups excluding carboxylic acids is 2. The van der Waals surface area contributed by atoms with E-state index in [4.69, 9.17) is 15.4 Å². The van der Waals surface area contributed by atoms with Crippen LogP contribution in [0.2, 0.25) is 0 Å². The molecule has 104 valence electrons. The molecule has 1 N–H and O–H groups in total. The van der Waals surface area contributed by atoms with Crippen molar-refractivity contribution in [2.75, 3.05) is 13.2 Å². The Kier molecular flexibility index (Phi) is 5.96. The van der Waals surface area contributed by atoms with Gasteiger partial charge in [-0.15, -0.1) is 0 Å². The molecule has 0 saturated carbocycles. The molecule has 0 fully saturated rings. The van der Waals surface area contributed by atoms with E-state index in [1.165, 1.54) is 19.1 Å². The second kappa shape index (κ2) is 7.73. The lowest BCUT2D eigenvalue weighted by molar-refractivity contribution is -0.140. The molecule has 0 unspecified atom stereocenters. The van der Waals surface area contributed by atoms with Crippen molar-refractivity contribution in [2.24, 2.45) is 5.11 Å². The number of esters is 1.